The Morgan fingerprint density at radius 1 is 1.16 bits per heavy atom. The van der Waals surface area contributed by atoms with Crippen molar-refractivity contribution < 1.29 is 33.4 Å². The molecule has 0 spiro atoms. The number of carboxylic acids is 1. The largest absolute Gasteiger partial charge is 0.487 e. The van der Waals surface area contributed by atoms with Crippen LogP contribution in [-0.2, 0) is 23.6 Å². The Labute approximate surface area is 252 Å². The number of ether oxygens (including phenoxy) is 2. The minimum Gasteiger partial charge on any atom is -0.487 e. The molecule has 2 aromatic heterocycles. The van der Waals surface area contributed by atoms with Gasteiger partial charge in [0.2, 0.25) is 0 Å². The monoisotopic (exact) mass is 606 g/mol. The van der Waals surface area contributed by atoms with Gasteiger partial charge in [-0.3, -0.25) is 0 Å². The van der Waals surface area contributed by atoms with Crippen LogP contribution < -0.4 is 4.74 Å². The predicted octanol–water partition coefficient (Wildman–Crippen LogP) is 7.03. The van der Waals surface area contributed by atoms with Crippen LogP contribution in [0.15, 0.2) is 34.9 Å². The zero-order valence-electron chi connectivity index (χ0n) is 24.4. The van der Waals surface area contributed by atoms with Gasteiger partial charge in [0.15, 0.2) is 5.82 Å². The van der Waals surface area contributed by atoms with E-state index in [4.69, 9.17) is 14.0 Å². The van der Waals surface area contributed by atoms with E-state index in [0.29, 0.717) is 41.7 Å². The summed E-state index contributed by atoms with van der Waals surface area (Å²) in [7, 11) is 0. The van der Waals surface area contributed by atoms with Crippen LogP contribution in [0.2, 0.25) is 0 Å². The average molecular weight is 607 g/mol. The number of fused-ring (bicyclic) bond motifs is 3. The Morgan fingerprint density at radius 3 is 2.63 bits per heavy atom. The highest BCUT2D eigenvalue weighted by Crippen LogP contribution is 2.59. The Morgan fingerprint density at radius 2 is 1.93 bits per heavy atom. The number of thiazole rings is 1. The summed E-state index contributed by atoms with van der Waals surface area (Å²) < 4.78 is 33.8. The number of aromatic nitrogens is 2. The van der Waals surface area contributed by atoms with Crippen molar-refractivity contribution in [1.29, 1.82) is 0 Å². The number of nitrogens with zero attached hydrogens (tertiary/aromatic N) is 2. The molecule has 8 nitrogen and oxygen atoms in total. The number of carbonyl (C=O) groups is 1. The van der Waals surface area contributed by atoms with Gasteiger partial charge < -0.3 is 24.2 Å². The molecule has 0 unspecified atom stereocenters. The van der Waals surface area contributed by atoms with E-state index in [-0.39, 0.29) is 34.9 Å². The molecule has 0 saturated heterocycles. The molecule has 3 aliphatic rings. The van der Waals surface area contributed by atoms with Crippen molar-refractivity contribution >= 4 is 27.5 Å². The molecule has 0 amide bonds. The summed E-state index contributed by atoms with van der Waals surface area (Å²) in [6.45, 7) is 6.86. The number of aromatic carboxylic acids is 1. The van der Waals surface area contributed by atoms with Crippen LogP contribution in [0.4, 0.5) is 4.39 Å². The SMILES string of the molecule is Cc1cccc(C)c1OCc1noc(C2CC2)c1CO[C@@H]1C[C@H]2C[C@H](C)[C@@H](C1)[C@]2(O)c1nc2c(F)cc(C(=O)O)cc2s1. The first kappa shape index (κ1) is 28.4. The van der Waals surface area contributed by atoms with Gasteiger partial charge in [-0.1, -0.05) is 30.3 Å². The fraction of sp³-hybridized carbons (Fsp3) is 0.485. The quantitative estimate of drug-likeness (QED) is 0.209. The summed E-state index contributed by atoms with van der Waals surface area (Å²) in [5.41, 5.74) is 2.64. The molecule has 5 atom stereocenters. The van der Waals surface area contributed by atoms with Crippen molar-refractivity contribution in [3.05, 3.63) is 74.9 Å². The summed E-state index contributed by atoms with van der Waals surface area (Å²) in [4.78, 5) is 16.0. The zero-order chi connectivity index (χ0) is 30.0. The minimum absolute atomic E-state index is 0.0701. The molecular weight excluding hydrogens is 571 g/mol. The summed E-state index contributed by atoms with van der Waals surface area (Å²) in [6, 6.07) is 8.50. The highest BCUT2D eigenvalue weighted by Gasteiger charge is 2.59. The number of halogens is 1. The molecule has 10 heteroatoms. The van der Waals surface area contributed by atoms with E-state index in [1.165, 1.54) is 17.4 Å². The zero-order valence-corrected chi connectivity index (χ0v) is 25.2. The molecule has 4 aromatic rings. The minimum atomic E-state index is -1.21. The van der Waals surface area contributed by atoms with E-state index in [2.05, 4.69) is 17.1 Å². The summed E-state index contributed by atoms with van der Waals surface area (Å²) in [6.07, 6.45) is 4.19. The van der Waals surface area contributed by atoms with Gasteiger partial charge in [-0.15, -0.1) is 11.3 Å². The van der Waals surface area contributed by atoms with Gasteiger partial charge in [0, 0.05) is 11.5 Å². The molecule has 226 valence electrons. The second-order valence-corrected chi connectivity index (χ2v) is 13.7. The van der Waals surface area contributed by atoms with Crippen LogP contribution in [0.3, 0.4) is 0 Å². The number of hydrogen-bond donors (Lipinski definition) is 2. The molecule has 2 N–H and O–H groups in total. The number of aliphatic hydroxyl groups is 1. The molecule has 0 radical (unpaired) electrons. The smallest absolute Gasteiger partial charge is 0.335 e. The second-order valence-electron chi connectivity index (χ2n) is 12.6. The van der Waals surface area contributed by atoms with Crippen molar-refractivity contribution in [1.82, 2.24) is 10.1 Å². The van der Waals surface area contributed by atoms with E-state index in [0.717, 1.165) is 59.2 Å². The summed E-state index contributed by atoms with van der Waals surface area (Å²) in [5, 5.41) is 26.4. The lowest BCUT2D eigenvalue weighted by molar-refractivity contribution is -0.120. The molecule has 3 saturated carbocycles. The molecule has 3 fully saturated rings. The van der Waals surface area contributed by atoms with Crippen molar-refractivity contribution in [2.75, 3.05) is 0 Å². The number of rotatable bonds is 9. The lowest BCUT2D eigenvalue weighted by Gasteiger charge is -2.41. The molecule has 3 aliphatic carbocycles. The molecule has 2 heterocycles. The Balaban J connectivity index is 1.09. The van der Waals surface area contributed by atoms with Gasteiger partial charge in [-0.2, -0.15) is 0 Å². The second kappa shape index (κ2) is 10.7. The first-order valence-electron chi connectivity index (χ1n) is 15.0. The Hall–Kier alpha value is -3.34. The van der Waals surface area contributed by atoms with E-state index in [1.54, 1.807) is 0 Å². The maximum Gasteiger partial charge on any atom is 0.335 e. The van der Waals surface area contributed by atoms with Gasteiger partial charge in [-0.05, 0) is 87.0 Å². The molecule has 43 heavy (non-hydrogen) atoms. The van der Waals surface area contributed by atoms with Crippen molar-refractivity contribution in [3.63, 3.8) is 0 Å². The fourth-order valence-electron chi connectivity index (χ4n) is 7.33. The first-order chi connectivity index (χ1) is 20.6. The van der Waals surface area contributed by atoms with Gasteiger partial charge in [0.25, 0.3) is 0 Å². The lowest BCUT2D eigenvalue weighted by atomic mass is 9.72. The van der Waals surface area contributed by atoms with Crippen LogP contribution >= 0.6 is 11.3 Å². The van der Waals surface area contributed by atoms with E-state index < -0.39 is 17.4 Å². The molecular formula is C33H35FN2O6S. The number of hydrogen-bond acceptors (Lipinski definition) is 8. The predicted molar refractivity (Wildman–Crippen MR) is 158 cm³/mol. The summed E-state index contributed by atoms with van der Waals surface area (Å²) >= 11 is 1.19. The van der Waals surface area contributed by atoms with Gasteiger partial charge in [-0.25, -0.2) is 14.2 Å². The topological polar surface area (TPSA) is 115 Å². The number of benzene rings is 2. The fourth-order valence-corrected chi connectivity index (χ4v) is 8.58. The maximum atomic E-state index is 14.8. The van der Waals surface area contributed by atoms with Gasteiger partial charge in [0.05, 0.1) is 23.0 Å². The Kier molecular flexibility index (Phi) is 7.06. The third-order valence-corrected chi connectivity index (χ3v) is 10.8. The highest BCUT2D eigenvalue weighted by molar-refractivity contribution is 7.18. The lowest BCUT2D eigenvalue weighted by Crippen LogP contribution is -2.45. The molecule has 7 rings (SSSR count). The average Bonchev–Trinajstić information content (AvgIpc) is 3.55. The van der Waals surface area contributed by atoms with Crippen molar-refractivity contribution in [2.24, 2.45) is 17.8 Å². The van der Waals surface area contributed by atoms with Crippen LogP contribution in [0.25, 0.3) is 10.2 Å². The highest BCUT2D eigenvalue weighted by atomic mass is 32.1. The molecule has 2 bridgehead atoms. The first-order valence-corrected chi connectivity index (χ1v) is 15.8. The molecule has 2 aromatic carbocycles. The normalized spacial score (nSPS) is 26.7. The number of aryl methyl sites for hydroxylation is 2. The van der Waals surface area contributed by atoms with Crippen molar-refractivity contribution in [2.45, 2.75) is 83.7 Å². The number of carboxylic acid groups (broad SMARTS) is 1. The van der Waals surface area contributed by atoms with E-state index >= 15 is 0 Å². The van der Waals surface area contributed by atoms with E-state index in [1.807, 2.05) is 32.0 Å². The summed E-state index contributed by atoms with van der Waals surface area (Å²) in [5.74, 6) is 0.247. The van der Waals surface area contributed by atoms with Crippen molar-refractivity contribution in [3.8, 4) is 5.75 Å². The van der Waals surface area contributed by atoms with Crippen LogP contribution in [0.1, 0.15) is 88.5 Å². The van der Waals surface area contributed by atoms with Crippen LogP contribution in [0, 0.1) is 37.4 Å². The number of para-hydroxylation sites is 1. The van der Waals surface area contributed by atoms with Gasteiger partial charge in [0.1, 0.15) is 39.9 Å². The van der Waals surface area contributed by atoms with E-state index in [9.17, 15) is 19.4 Å². The third kappa shape index (κ3) is 4.93. The van der Waals surface area contributed by atoms with Gasteiger partial charge >= 0.3 is 5.97 Å². The molecule has 0 aliphatic heterocycles. The Bertz CT molecular complexity index is 1690. The van der Waals surface area contributed by atoms with Crippen LogP contribution in [0.5, 0.6) is 5.75 Å². The maximum absolute atomic E-state index is 14.8. The van der Waals surface area contributed by atoms with Crippen LogP contribution in [-0.4, -0.2) is 32.4 Å². The third-order valence-electron chi connectivity index (χ3n) is 9.71. The standard InChI is InChI=1S/C33H35FN2O6S/c1-16-5-4-6-17(2)29(16)41-15-26-23(30(42-36-26)19-7-8-19)14-40-22-12-21-9-18(3)24(13-22)33(21,39)32-35-28-25(34)10-20(31(37)38)11-27(28)43-32/h4-6,10-11,18-19,21-22,24,39H,7-9,12-15H2,1-3H3,(H,37,38)/t18-,21+,22+,24+,33-/m0/s1.